The van der Waals surface area contributed by atoms with Gasteiger partial charge in [-0.2, -0.15) is 0 Å². The van der Waals surface area contributed by atoms with Gasteiger partial charge in [0.2, 0.25) is 5.82 Å². The minimum atomic E-state index is -0.519. The Kier molecular flexibility index (Phi) is 5.59. The van der Waals surface area contributed by atoms with Gasteiger partial charge in [-0.25, -0.2) is 9.67 Å². The predicted octanol–water partition coefficient (Wildman–Crippen LogP) is 0.983. The van der Waals surface area contributed by atoms with Crippen molar-refractivity contribution < 1.29 is 9.53 Å². The number of amides is 1. The number of carbonyl (C=O) groups excluding carboxylic acids is 1. The molecule has 0 aliphatic rings. The van der Waals surface area contributed by atoms with Crippen LogP contribution in [0.1, 0.15) is 22.6 Å². The van der Waals surface area contributed by atoms with E-state index >= 15 is 0 Å². The van der Waals surface area contributed by atoms with Gasteiger partial charge < -0.3 is 15.0 Å². The molecule has 0 saturated heterocycles. The molecule has 10 heteroatoms. The smallest absolute Gasteiger partial charge is 0.287 e. The van der Waals surface area contributed by atoms with Gasteiger partial charge in [0.05, 0.1) is 6.54 Å². The van der Waals surface area contributed by atoms with Crippen LogP contribution >= 0.6 is 11.6 Å². The Morgan fingerprint density at radius 2 is 2.27 bits per heavy atom. The third-order valence-corrected chi connectivity index (χ3v) is 3.86. The second-order valence-electron chi connectivity index (χ2n) is 5.57. The Morgan fingerprint density at radius 1 is 1.42 bits per heavy atom. The fraction of sp³-hybridized carbons (Fsp3) is 0.312. The molecule has 0 bridgehead atoms. The molecule has 2 N–H and O–H groups in total. The van der Waals surface area contributed by atoms with Gasteiger partial charge in [-0.05, 0) is 24.1 Å². The first kappa shape index (κ1) is 18.0. The maximum absolute atomic E-state index is 12.2. The summed E-state index contributed by atoms with van der Waals surface area (Å²) in [5.41, 5.74) is 0.657. The Morgan fingerprint density at radius 3 is 3.04 bits per heavy atom. The molecular formula is C16H17ClN6O3. The summed E-state index contributed by atoms with van der Waals surface area (Å²) in [5.74, 6) is -0.565. The summed E-state index contributed by atoms with van der Waals surface area (Å²) in [6.45, 7) is 1.26. The van der Waals surface area contributed by atoms with Crippen LogP contribution < -0.4 is 10.9 Å². The molecule has 3 rings (SSSR count). The zero-order valence-corrected chi connectivity index (χ0v) is 14.8. The van der Waals surface area contributed by atoms with Gasteiger partial charge in [0, 0.05) is 25.3 Å². The SMILES string of the molecule is COCCCNC(=O)c1nc2c(nnn2Cc2cccc(Cl)c2)c(=O)[nH]1. The molecule has 0 atom stereocenters. The molecule has 0 unspecified atom stereocenters. The fourth-order valence-corrected chi connectivity index (χ4v) is 2.60. The zero-order valence-electron chi connectivity index (χ0n) is 14.0. The van der Waals surface area contributed by atoms with Crippen molar-refractivity contribution >= 4 is 28.7 Å². The first-order chi connectivity index (χ1) is 12.6. The molecule has 2 heterocycles. The number of fused-ring (bicyclic) bond motifs is 1. The number of carbonyl (C=O) groups is 1. The summed E-state index contributed by atoms with van der Waals surface area (Å²) in [5, 5.41) is 11.1. The average Bonchev–Trinajstić information content (AvgIpc) is 3.02. The van der Waals surface area contributed by atoms with Crippen LogP contribution in [-0.4, -0.2) is 51.1 Å². The minimum absolute atomic E-state index is 0.0722. The van der Waals surface area contributed by atoms with Crippen molar-refractivity contribution in [2.24, 2.45) is 0 Å². The van der Waals surface area contributed by atoms with Gasteiger partial charge in [-0.3, -0.25) is 9.59 Å². The Balaban J connectivity index is 1.86. The topological polar surface area (TPSA) is 115 Å². The summed E-state index contributed by atoms with van der Waals surface area (Å²) in [4.78, 5) is 31.0. The van der Waals surface area contributed by atoms with Crippen LogP contribution in [0, 0.1) is 0 Å². The molecule has 1 aromatic carbocycles. The molecule has 136 valence electrons. The third-order valence-electron chi connectivity index (χ3n) is 3.62. The normalized spacial score (nSPS) is 11.0. The van der Waals surface area contributed by atoms with Gasteiger partial charge in [0.15, 0.2) is 11.2 Å². The van der Waals surface area contributed by atoms with E-state index in [1.54, 1.807) is 19.2 Å². The summed E-state index contributed by atoms with van der Waals surface area (Å²) < 4.78 is 6.38. The molecule has 3 aromatic rings. The second kappa shape index (κ2) is 8.07. The molecule has 0 aliphatic heterocycles. The molecule has 0 spiro atoms. The number of halogens is 1. The number of rotatable bonds is 7. The van der Waals surface area contributed by atoms with Crippen molar-refractivity contribution in [1.82, 2.24) is 30.3 Å². The number of hydrogen-bond donors (Lipinski definition) is 2. The molecule has 9 nitrogen and oxygen atoms in total. The van der Waals surface area contributed by atoms with Crippen LogP contribution in [0.25, 0.3) is 11.2 Å². The van der Waals surface area contributed by atoms with E-state index in [2.05, 4.69) is 25.6 Å². The van der Waals surface area contributed by atoms with Crippen molar-refractivity contribution in [3.63, 3.8) is 0 Å². The van der Waals surface area contributed by atoms with Crippen molar-refractivity contribution in [2.75, 3.05) is 20.3 Å². The zero-order chi connectivity index (χ0) is 18.5. The van der Waals surface area contributed by atoms with Crippen molar-refractivity contribution in [3.05, 3.63) is 51.0 Å². The van der Waals surface area contributed by atoms with Gasteiger partial charge in [-0.15, -0.1) is 5.10 Å². The number of aromatic nitrogens is 5. The molecule has 1 amide bonds. The van der Waals surface area contributed by atoms with E-state index in [-0.39, 0.29) is 17.0 Å². The number of nitrogens with zero attached hydrogens (tertiary/aromatic N) is 4. The lowest BCUT2D eigenvalue weighted by Gasteiger charge is -2.05. The number of H-pyrrole nitrogens is 1. The molecule has 0 aliphatic carbocycles. The minimum Gasteiger partial charge on any atom is -0.385 e. The molecular weight excluding hydrogens is 360 g/mol. The van der Waals surface area contributed by atoms with Gasteiger partial charge in [0.25, 0.3) is 11.5 Å². The highest BCUT2D eigenvalue weighted by atomic mass is 35.5. The van der Waals surface area contributed by atoms with Crippen LogP contribution in [0.2, 0.25) is 5.02 Å². The summed E-state index contributed by atoms with van der Waals surface area (Å²) in [6, 6.07) is 7.23. The van der Waals surface area contributed by atoms with Crippen LogP contribution in [0.4, 0.5) is 0 Å². The van der Waals surface area contributed by atoms with E-state index in [0.717, 1.165) is 5.56 Å². The number of hydrogen-bond acceptors (Lipinski definition) is 6. The van der Waals surface area contributed by atoms with Crippen molar-refractivity contribution in [1.29, 1.82) is 0 Å². The van der Waals surface area contributed by atoms with E-state index in [9.17, 15) is 9.59 Å². The Hall–Kier alpha value is -2.78. The summed E-state index contributed by atoms with van der Waals surface area (Å²) in [7, 11) is 1.59. The number of ether oxygens (including phenoxy) is 1. The maximum Gasteiger partial charge on any atom is 0.287 e. The predicted molar refractivity (Wildman–Crippen MR) is 95.3 cm³/mol. The van der Waals surface area contributed by atoms with Crippen LogP contribution in [0.5, 0.6) is 0 Å². The maximum atomic E-state index is 12.2. The van der Waals surface area contributed by atoms with E-state index in [1.807, 2.05) is 12.1 Å². The highest BCUT2D eigenvalue weighted by Gasteiger charge is 2.16. The summed E-state index contributed by atoms with van der Waals surface area (Å²) >= 11 is 5.99. The highest BCUT2D eigenvalue weighted by molar-refractivity contribution is 6.30. The Bertz CT molecular complexity index is 984. The number of aromatic amines is 1. The number of methoxy groups -OCH3 is 1. The molecule has 0 fully saturated rings. The van der Waals surface area contributed by atoms with E-state index in [1.165, 1.54) is 4.68 Å². The van der Waals surface area contributed by atoms with Crippen LogP contribution in [-0.2, 0) is 11.3 Å². The molecule has 0 saturated carbocycles. The quantitative estimate of drug-likeness (QED) is 0.594. The van der Waals surface area contributed by atoms with Gasteiger partial charge in [0.1, 0.15) is 0 Å². The lowest BCUT2D eigenvalue weighted by Crippen LogP contribution is -2.29. The first-order valence-electron chi connectivity index (χ1n) is 7.93. The van der Waals surface area contributed by atoms with Crippen molar-refractivity contribution in [2.45, 2.75) is 13.0 Å². The van der Waals surface area contributed by atoms with E-state index in [0.29, 0.717) is 31.1 Å². The molecule has 26 heavy (non-hydrogen) atoms. The molecule has 2 aromatic heterocycles. The standard InChI is InChI=1S/C16H17ClN6O3/c1-26-7-3-6-18-16(25)13-19-14-12(15(24)20-13)21-22-23(14)9-10-4-2-5-11(17)8-10/h2,4-5,8H,3,6-7,9H2,1H3,(H,18,25)(H,19,20,24). The Labute approximate surface area is 153 Å². The summed E-state index contributed by atoms with van der Waals surface area (Å²) in [6.07, 6.45) is 0.656. The van der Waals surface area contributed by atoms with E-state index in [4.69, 9.17) is 16.3 Å². The van der Waals surface area contributed by atoms with E-state index < -0.39 is 11.5 Å². The lowest BCUT2D eigenvalue weighted by molar-refractivity contribution is 0.0938. The average molecular weight is 377 g/mol. The van der Waals surface area contributed by atoms with Crippen LogP contribution in [0.3, 0.4) is 0 Å². The van der Waals surface area contributed by atoms with Crippen molar-refractivity contribution in [3.8, 4) is 0 Å². The monoisotopic (exact) mass is 376 g/mol. The van der Waals surface area contributed by atoms with Gasteiger partial charge >= 0.3 is 0 Å². The third kappa shape index (κ3) is 4.06. The highest BCUT2D eigenvalue weighted by Crippen LogP contribution is 2.13. The fourth-order valence-electron chi connectivity index (χ4n) is 2.39. The van der Waals surface area contributed by atoms with Gasteiger partial charge in [-0.1, -0.05) is 28.9 Å². The first-order valence-corrected chi connectivity index (χ1v) is 8.31. The lowest BCUT2D eigenvalue weighted by atomic mass is 10.2. The van der Waals surface area contributed by atoms with Crippen LogP contribution in [0.15, 0.2) is 29.1 Å². The molecule has 0 radical (unpaired) electrons. The second-order valence-corrected chi connectivity index (χ2v) is 6.00. The number of nitrogens with one attached hydrogen (secondary N) is 2. The number of benzene rings is 1. The largest absolute Gasteiger partial charge is 0.385 e.